The summed E-state index contributed by atoms with van der Waals surface area (Å²) in [6, 6.07) is 9.58. The number of aromatic nitrogens is 1. The molecule has 0 bridgehead atoms. The highest BCUT2D eigenvalue weighted by Gasteiger charge is 2.10. The lowest BCUT2D eigenvalue weighted by atomic mass is 10.2. The smallest absolute Gasteiger partial charge is 0.253 e. The molecule has 1 aromatic carbocycles. The van der Waals surface area contributed by atoms with Gasteiger partial charge in [-0.2, -0.15) is 0 Å². The van der Waals surface area contributed by atoms with Gasteiger partial charge in [0, 0.05) is 23.8 Å². The summed E-state index contributed by atoms with van der Waals surface area (Å²) in [5.74, 6) is -0.108. The summed E-state index contributed by atoms with van der Waals surface area (Å²) >= 11 is 3.42. The number of hydrogen-bond acceptors (Lipinski definition) is 3. The van der Waals surface area contributed by atoms with E-state index in [0.717, 1.165) is 22.3 Å². The zero-order valence-electron chi connectivity index (χ0n) is 11.2. The first-order valence-corrected chi connectivity index (χ1v) is 7.20. The van der Waals surface area contributed by atoms with E-state index in [-0.39, 0.29) is 5.91 Å². The van der Waals surface area contributed by atoms with Gasteiger partial charge >= 0.3 is 0 Å². The van der Waals surface area contributed by atoms with Crippen LogP contribution >= 0.6 is 15.9 Å². The molecule has 0 fully saturated rings. The number of pyridine rings is 1. The number of nitrogens with zero attached hydrogens (tertiary/aromatic N) is 1. The first kappa shape index (κ1) is 14.5. The van der Waals surface area contributed by atoms with Crippen LogP contribution in [-0.4, -0.2) is 17.4 Å². The van der Waals surface area contributed by atoms with Gasteiger partial charge in [-0.25, -0.2) is 0 Å². The van der Waals surface area contributed by atoms with Crippen molar-refractivity contribution < 1.29 is 4.79 Å². The molecule has 2 rings (SSSR count). The van der Waals surface area contributed by atoms with E-state index >= 15 is 0 Å². The summed E-state index contributed by atoms with van der Waals surface area (Å²) in [6.07, 6.45) is 3.28. The number of carbonyl (C=O) groups is 1. The molecule has 0 aliphatic heterocycles. The first-order valence-electron chi connectivity index (χ1n) is 6.41. The van der Waals surface area contributed by atoms with Crippen molar-refractivity contribution in [2.24, 2.45) is 0 Å². The van der Waals surface area contributed by atoms with E-state index in [4.69, 9.17) is 0 Å². The fourth-order valence-corrected chi connectivity index (χ4v) is 2.29. The summed E-state index contributed by atoms with van der Waals surface area (Å²) in [4.78, 5) is 16.2. The fraction of sp³-hybridized carbons (Fsp3) is 0.200. The molecule has 1 aromatic heterocycles. The molecule has 104 valence electrons. The zero-order valence-corrected chi connectivity index (χ0v) is 12.8. The van der Waals surface area contributed by atoms with Gasteiger partial charge in [-0.05, 0) is 30.7 Å². The molecular formula is C15H16BrN3O. The van der Waals surface area contributed by atoms with Crippen molar-refractivity contribution in [3.05, 3.63) is 58.3 Å². The molecule has 0 spiro atoms. The van der Waals surface area contributed by atoms with Crippen molar-refractivity contribution in [2.45, 2.75) is 13.5 Å². The minimum absolute atomic E-state index is 0.108. The number of amides is 1. The molecule has 0 saturated heterocycles. The molecule has 1 amide bonds. The van der Waals surface area contributed by atoms with E-state index < -0.39 is 0 Å². The lowest BCUT2D eigenvalue weighted by Crippen LogP contribution is -2.24. The van der Waals surface area contributed by atoms with E-state index in [2.05, 4.69) is 31.5 Å². The maximum absolute atomic E-state index is 12.2. The Bertz CT molecular complexity index is 601. The van der Waals surface area contributed by atoms with Gasteiger partial charge in [-0.15, -0.1) is 0 Å². The molecule has 0 unspecified atom stereocenters. The van der Waals surface area contributed by atoms with E-state index in [1.54, 1.807) is 18.5 Å². The highest BCUT2D eigenvalue weighted by Crippen LogP contribution is 2.14. The minimum Gasteiger partial charge on any atom is -0.383 e. The lowest BCUT2D eigenvalue weighted by Gasteiger charge is -2.10. The molecule has 0 saturated carbocycles. The van der Waals surface area contributed by atoms with Crippen molar-refractivity contribution in [1.29, 1.82) is 0 Å². The van der Waals surface area contributed by atoms with Crippen molar-refractivity contribution in [3.8, 4) is 0 Å². The average molecular weight is 334 g/mol. The molecule has 5 heteroatoms. The van der Waals surface area contributed by atoms with Gasteiger partial charge < -0.3 is 10.6 Å². The van der Waals surface area contributed by atoms with Crippen molar-refractivity contribution in [2.75, 3.05) is 11.9 Å². The maximum Gasteiger partial charge on any atom is 0.253 e. The van der Waals surface area contributed by atoms with Gasteiger partial charge in [0.2, 0.25) is 0 Å². The van der Waals surface area contributed by atoms with Crippen LogP contribution in [-0.2, 0) is 6.54 Å². The van der Waals surface area contributed by atoms with Crippen LogP contribution in [0.4, 0.5) is 5.69 Å². The number of hydrogen-bond donors (Lipinski definition) is 2. The number of anilines is 1. The van der Waals surface area contributed by atoms with Crippen LogP contribution in [0.1, 0.15) is 22.8 Å². The third kappa shape index (κ3) is 3.81. The third-order valence-electron chi connectivity index (χ3n) is 2.78. The quantitative estimate of drug-likeness (QED) is 0.883. The second-order valence-electron chi connectivity index (χ2n) is 4.26. The summed E-state index contributed by atoms with van der Waals surface area (Å²) < 4.78 is 1.00. The second-order valence-corrected chi connectivity index (χ2v) is 5.18. The zero-order chi connectivity index (χ0) is 14.4. The van der Waals surface area contributed by atoms with Gasteiger partial charge in [0.15, 0.2) is 0 Å². The van der Waals surface area contributed by atoms with Crippen molar-refractivity contribution in [1.82, 2.24) is 10.3 Å². The normalized spacial score (nSPS) is 10.1. The van der Waals surface area contributed by atoms with Crippen LogP contribution in [0.25, 0.3) is 0 Å². The third-order valence-corrected chi connectivity index (χ3v) is 3.27. The summed E-state index contributed by atoms with van der Waals surface area (Å²) in [5, 5.41) is 6.05. The summed E-state index contributed by atoms with van der Waals surface area (Å²) in [5.41, 5.74) is 2.41. The standard InChI is InChI=1S/C15H16BrN3O/c1-2-18-14-10-17-7-6-13(14)15(20)19-9-11-4-3-5-12(16)8-11/h3-8,10,18H,2,9H2,1H3,(H,19,20). The van der Waals surface area contributed by atoms with Crippen LogP contribution in [0.5, 0.6) is 0 Å². The predicted molar refractivity (Wildman–Crippen MR) is 83.7 cm³/mol. The number of carbonyl (C=O) groups excluding carboxylic acids is 1. The molecule has 0 aliphatic carbocycles. The van der Waals surface area contributed by atoms with Gasteiger partial charge in [0.05, 0.1) is 17.4 Å². The molecule has 20 heavy (non-hydrogen) atoms. The molecule has 1 heterocycles. The highest BCUT2D eigenvalue weighted by atomic mass is 79.9. The molecule has 0 aliphatic rings. The molecule has 0 radical (unpaired) electrons. The van der Waals surface area contributed by atoms with Crippen LogP contribution in [0.3, 0.4) is 0 Å². The Kier molecular flexibility index (Phi) is 5.12. The van der Waals surface area contributed by atoms with Gasteiger partial charge in [-0.3, -0.25) is 9.78 Å². The van der Waals surface area contributed by atoms with E-state index in [9.17, 15) is 4.79 Å². The number of halogens is 1. The van der Waals surface area contributed by atoms with Gasteiger partial charge in [0.1, 0.15) is 0 Å². The largest absolute Gasteiger partial charge is 0.383 e. The van der Waals surface area contributed by atoms with Crippen LogP contribution in [0, 0.1) is 0 Å². The van der Waals surface area contributed by atoms with Crippen molar-refractivity contribution >= 4 is 27.5 Å². The topological polar surface area (TPSA) is 54.0 Å². The number of nitrogens with one attached hydrogen (secondary N) is 2. The van der Waals surface area contributed by atoms with E-state index in [1.807, 2.05) is 31.2 Å². The van der Waals surface area contributed by atoms with Crippen LogP contribution in [0.15, 0.2) is 47.2 Å². The SMILES string of the molecule is CCNc1cnccc1C(=O)NCc1cccc(Br)c1. The second kappa shape index (κ2) is 7.05. The maximum atomic E-state index is 12.2. The average Bonchev–Trinajstić information content (AvgIpc) is 2.46. The van der Waals surface area contributed by atoms with E-state index in [1.165, 1.54) is 0 Å². The molecule has 2 N–H and O–H groups in total. The van der Waals surface area contributed by atoms with Crippen LogP contribution < -0.4 is 10.6 Å². The van der Waals surface area contributed by atoms with Crippen molar-refractivity contribution in [3.63, 3.8) is 0 Å². The van der Waals surface area contributed by atoms with Gasteiger partial charge in [-0.1, -0.05) is 28.1 Å². The Balaban J connectivity index is 2.05. The Morgan fingerprint density at radius 1 is 1.35 bits per heavy atom. The summed E-state index contributed by atoms with van der Waals surface area (Å²) in [7, 11) is 0. The minimum atomic E-state index is -0.108. The molecule has 2 aromatic rings. The first-order chi connectivity index (χ1) is 9.70. The van der Waals surface area contributed by atoms with Gasteiger partial charge in [0.25, 0.3) is 5.91 Å². The summed E-state index contributed by atoms with van der Waals surface area (Å²) in [6.45, 7) is 3.22. The van der Waals surface area contributed by atoms with Crippen LogP contribution in [0.2, 0.25) is 0 Å². The molecule has 4 nitrogen and oxygen atoms in total. The lowest BCUT2D eigenvalue weighted by molar-refractivity contribution is 0.0951. The number of rotatable bonds is 5. The predicted octanol–water partition coefficient (Wildman–Crippen LogP) is 3.21. The highest BCUT2D eigenvalue weighted by molar-refractivity contribution is 9.10. The Morgan fingerprint density at radius 2 is 2.20 bits per heavy atom. The number of benzene rings is 1. The monoisotopic (exact) mass is 333 g/mol. The Labute approximate surface area is 126 Å². The van der Waals surface area contributed by atoms with E-state index in [0.29, 0.717) is 12.1 Å². The molecular weight excluding hydrogens is 318 g/mol. The fourth-order valence-electron chi connectivity index (χ4n) is 1.85. The Morgan fingerprint density at radius 3 is 2.95 bits per heavy atom. The Hall–Kier alpha value is -1.88. The molecule has 0 atom stereocenters.